The number of carbonyl (C=O) groups excluding carboxylic acids is 2. The van der Waals surface area contributed by atoms with Crippen LogP contribution in [-0.2, 0) is 16.0 Å². The average molecular weight is 332 g/mol. The van der Waals surface area contributed by atoms with Crippen LogP contribution in [0.1, 0.15) is 31.7 Å². The highest BCUT2D eigenvalue weighted by molar-refractivity contribution is 5.80. The van der Waals surface area contributed by atoms with Crippen molar-refractivity contribution < 1.29 is 14.7 Å². The van der Waals surface area contributed by atoms with E-state index in [0.717, 1.165) is 19.3 Å². The number of piperidine rings is 1. The smallest absolute Gasteiger partial charge is 0.223 e. The molecule has 1 aliphatic heterocycles. The predicted molar refractivity (Wildman–Crippen MR) is 93.3 cm³/mol. The fraction of sp³-hybridized carbons (Fsp3) is 0.579. The maximum Gasteiger partial charge on any atom is 0.223 e. The standard InChI is InChI=1S/C19H28N2O3/c1-15(14-22)13-20-19(24)17-9-11-21(12-10-17)18(23)8-7-16-5-3-2-4-6-16/h2-6,15,17,22H,7-14H2,1H3,(H,20,24). The lowest BCUT2D eigenvalue weighted by Gasteiger charge is -2.31. The highest BCUT2D eigenvalue weighted by Crippen LogP contribution is 2.18. The van der Waals surface area contributed by atoms with Gasteiger partial charge in [-0.25, -0.2) is 0 Å². The van der Waals surface area contributed by atoms with E-state index in [1.165, 1.54) is 5.56 Å². The van der Waals surface area contributed by atoms with E-state index < -0.39 is 0 Å². The van der Waals surface area contributed by atoms with Gasteiger partial charge < -0.3 is 15.3 Å². The molecule has 1 atom stereocenters. The lowest BCUT2D eigenvalue weighted by Crippen LogP contribution is -2.43. The molecule has 1 aliphatic rings. The van der Waals surface area contributed by atoms with Crippen molar-refractivity contribution in [3.05, 3.63) is 35.9 Å². The molecule has 0 spiro atoms. The summed E-state index contributed by atoms with van der Waals surface area (Å²) in [5.74, 6) is 0.279. The molecule has 0 aromatic heterocycles. The Labute approximate surface area is 144 Å². The molecule has 1 unspecified atom stereocenters. The Kier molecular flexibility index (Phi) is 7.25. The van der Waals surface area contributed by atoms with Crippen LogP contribution in [0.2, 0.25) is 0 Å². The molecule has 5 nitrogen and oxygen atoms in total. The number of aliphatic hydroxyl groups is 1. The van der Waals surface area contributed by atoms with Gasteiger partial charge in [-0.3, -0.25) is 9.59 Å². The second kappa shape index (κ2) is 9.42. The highest BCUT2D eigenvalue weighted by Gasteiger charge is 2.27. The van der Waals surface area contributed by atoms with Crippen LogP contribution in [-0.4, -0.2) is 48.1 Å². The van der Waals surface area contributed by atoms with Crippen molar-refractivity contribution >= 4 is 11.8 Å². The van der Waals surface area contributed by atoms with Crippen molar-refractivity contribution in [1.82, 2.24) is 10.2 Å². The van der Waals surface area contributed by atoms with Gasteiger partial charge in [0.15, 0.2) is 0 Å². The van der Waals surface area contributed by atoms with Gasteiger partial charge in [0.1, 0.15) is 0 Å². The largest absolute Gasteiger partial charge is 0.396 e. The van der Waals surface area contributed by atoms with Crippen LogP contribution >= 0.6 is 0 Å². The van der Waals surface area contributed by atoms with Crippen LogP contribution in [0.5, 0.6) is 0 Å². The fourth-order valence-electron chi connectivity index (χ4n) is 2.93. The van der Waals surface area contributed by atoms with Crippen molar-refractivity contribution in [2.75, 3.05) is 26.2 Å². The number of carbonyl (C=O) groups is 2. The van der Waals surface area contributed by atoms with E-state index in [4.69, 9.17) is 5.11 Å². The van der Waals surface area contributed by atoms with E-state index in [2.05, 4.69) is 5.32 Å². The molecule has 1 aromatic carbocycles. The summed E-state index contributed by atoms with van der Waals surface area (Å²) < 4.78 is 0. The third-order valence-electron chi connectivity index (χ3n) is 4.63. The van der Waals surface area contributed by atoms with Crippen LogP contribution in [0, 0.1) is 11.8 Å². The minimum absolute atomic E-state index is 0.0194. The first-order chi connectivity index (χ1) is 11.6. The minimum Gasteiger partial charge on any atom is -0.396 e. The number of aliphatic hydroxyl groups excluding tert-OH is 1. The van der Waals surface area contributed by atoms with Gasteiger partial charge in [0, 0.05) is 38.6 Å². The van der Waals surface area contributed by atoms with Crippen molar-refractivity contribution in [3.63, 3.8) is 0 Å². The average Bonchev–Trinajstić information content (AvgIpc) is 2.64. The first kappa shape index (κ1) is 18.5. The third-order valence-corrected chi connectivity index (χ3v) is 4.63. The molecule has 1 fully saturated rings. The van der Waals surface area contributed by atoms with Crippen LogP contribution in [0.25, 0.3) is 0 Å². The van der Waals surface area contributed by atoms with E-state index in [1.807, 2.05) is 42.2 Å². The molecule has 2 rings (SSSR count). The number of nitrogens with zero attached hydrogens (tertiary/aromatic N) is 1. The summed E-state index contributed by atoms with van der Waals surface area (Å²) in [4.78, 5) is 26.3. The van der Waals surface area contributed by atoms with Crippen molar-refractivity contribution in [3.8, 4) is 0 Å². The van der Waals surface area contributed by atoms with Gasteiger partial charge in [0.25, 0.3) is 0 Å². The summed E-state index contributed by atoms with van der Waals surface area (Å²) in [7, 11) is 0. The number of rotatable bonds is 7. The minimum atomic E-state index is -0.0194. The van der Waals surface area contributed by atoms with Gasteiger partial charge in [0.2, 0.25) is 11.8 Å². The lowest BCUT2D eigenvalue weighted by molar-refractivity contribution is -0.135. The summed E-state index contributed by atoms with van der Waals surface area (Å²) >= 11 is 0. The van der Waals surface area contributed by atoms with Gasteiger partial charge in [0.05, 0.1) is 0 Å². The van der Waals surface area contributed by atoms with Gasteiger partial charge in [-0.1, -0.05) is 37.3 Å². The first-order valence-electron chi connectivity index (χ1n) is 8.80. The maximum absolute atomic E-state index is 12.3. The van der Waals surface area contributed by atoms with Crippen molar-refractivity contribution in [2.24, 2.45) is 11.8 Å². The molecular weight excluding hydrogens is 304 g/mol. The number of amides is 2. The van der Waals surface area contributed by atoms with E-state index in [1.54, 1.807) is 0 Å². The second-order valence-corrected chi connectivity index (χ2v) is 6.67. The summed E-state index contributed by atoms with van der Waals surface area (Å²) in [6.45, 7) is 3.79. The molecule has 5 heteroatoms. The zero-order chi connectivity index (χ0) is 17.4. The number of aryl methyl sites for hydroxylation is 1. The second-order valence-electron chi connectivity index (χ2n) is 6.67. The van der Waals surface area contributed by atoms with E-state index in [9.17, 15) is 9.59 Å². The van der Waals surface area contributed by atoms with Gasteiger partial charge in [-0.2, -0.15) is 0 Å². The third kappa shape index (κ3) is 5.64. The van der Waals surface area contributed by atoms with Crippen LogP contribution in [0.3, 0.4) is 0 Å². The quantitative estimate of drug-likeness (QED) is 0.797. The van der Waals surface area contributed by atoms with Crippen molar-refractivity contribution in [1.29, 1.82) is 0 Å². The fourth-order valence-corrected chi connectivity index (χ4v) is 2.93. The molecule has 2 amide bonds. The zero-order valence-electron chi connectivity index (χ0n) is 14.4. The Balaban J connectivity index is 1.70. The topological polar surface area (TPSA) is 69.6 Å². The number of likely N-dealkylation sites (tertiary alicyclic amines) is 1. The monoisotopic (exact) mass is 332 g/mol. The van der Waals surface area contributed by atoms with Gasteiger partial charge >= 0.3 is 0 Å². The molecule has 0 radical (unpaired) electrons. The Morgan fingerprint density at radius 2 is 1.92 bits per heavy atom. The molecule has 24 heavy (non-hydrogen) atoms. The molecule has 0 aliphatic carbocycles. The van der Waals surface area contributed by atoms with Gasteiger partial charge in [-0.15, -0.1) is 0 Å². The summed E-state index contributed by atoms with van der Waals surface area (Å²) in [6.07, 6.45) is 2.72. The summed E-state index contributed by atoms with van der Waals surface area (Å²) in [5.41, 5.74) is 1.18. The Morgan fingerprint density at radius 3 is 2.54 bits per heavy atom. The number of benzene rings is 1. The predicted octanol–water partition coefficient (Wildman–Crippen LogP) is 1.60. The molecule has 1 heterocycles. The molecule has 0 bridgehead atoms. The summed E-state index contributed by atoms with van der Waals surface area (Å²) in [5, 5.41) is 11.9. The summed E-state index contributed by atoms with van der Waals surface area (Å²) in [6, 6.07) is 10.0. The zero-order valence-corrected chi connectivity index (χ0v) is 14.4. The first-order valence-corrected chi connectivity index (χ1v) is 8.80. The molecule has 0 saturated carbocycles. The van der Waals surface area contributed by atoms with Crippen LogP contribution in [0.4, 0.5) is 0 Å². The van der Waals surface area contributed by atoms with Crippen LogP contribution < -0.4 is 5.32 Å². The SMILES string of the molecule is CC(CO)CNC(=O)C1CCN(C(=O)CCc2ccccc2)CC1. The Bertz CT molecular complexity index is 525. The Morgan fingerprint density at radius 1 is 1.25 bits per heavy atom. The number of hydrogen-bond acceptors (Lipinski definition) is 3. The van der Waals surface area contributed by atoms with Crippen LogP contribution in [0.15, 0.2) is 30.3 Å². The Hall–Kier alpha value is -1.88. The normalized spacial score (nSPS) is 16.7. The molecule has 2 N–H and O–H groups in total. The molecule has 1 aromatic rings. The highest BCUT2D eigenvalue weighted by atomic mass is 16.3. The lowest BCUT2D eigenvalue weighted by atomic mass is 9.95. The number of nitrogens with one attached hydrogen (secondary N) is 1. The maximum atomic E-state index is 12.3. The van der Waals surface area contributed by atoms with E-state index in [-0.39, 0.29) is 30.3 Å². The molecule has 132 valence electrons. The van der Waals surface area contributed by atoms with Gasteiger partial charge in [-0.05, 0) is 30.7 Å². The van der Waals surface area contributed by atoms with E-state index >= 15 is 0 Å². The van der Waals surface area contributed by atoms with E-state index in [0.29, 0.717) is 26.1 Å². The molecular formula is C19H28N2O3. The molecule has 1 saturated heterocycles. The van der Waals surface area contributed by atoms with Crippen molar-refractivity contribution in [2.45, 2.75) is 32.6 Å². The number of hydrogen-bond donors (Lipinski definition) is 2.